The van der Waals surface area contributed by atoms with E-state index in [4.69, 9.17) is 0 Å². The summed E-state index contributed by atoms with van der Waals surface area (Å²) in [6.07, 6.45) is 7.33. The first-order valence-corrected chi connectivity index (χ1v) is 9.75. The number of benzene rings is 1. The molecule has 0 saturated carbocycles. The lowest BCUT2D eigenvalue weighted by molar-refractivity contribution is -0.149. The molecule has 5 heteroatoms. The van der Waals surface area contributed by atoms with Crippen molar-refractivity contribution >= 4 is 17.9 Å². The van der Waals surface area contributed by atoms with Crippen molar-refractivity contribution in [3.8, 4) is 0 Å². The zero-order valence-corrected chi connectivity index (χ0v) is 15.1. The molecule has 1 aromatic carbocycles. The van der Waals surface area contributed by atoms with Gasteiger partial charge in [-0.15, -0.1) is 0 Å². The second-order valence-electron chi connectivity index (χ2n) is 7.73. The van der Waals surface area contributed by atoms with E-state index >= 15 is 0 Å². The maximum Gasteiger partial charge on any atom is 0.244 e. The van der Waals surface area contributed by atoms with Crippen LogP contribution in [0.25, 0.3) is 6.08 Å². The summed E-state index contributed by atoms with van der Waals surface area (Å²) in [6, 6.07) is 10.3. The monoisotopic (exact) mass is 353 g/mol. The highest BCUT2D eigenvalue weighted by atomic mass is 16.2. The van der Waals surface area contributed by atoms with Crippen LogP contribution in [0.5, 0.6) is 0 Å². The Morgan fingerprint density at radius 1 is 1.23 bits per heavy atom. The van der Waals surface area contributed by atoms with E-state index in [2.05, 4.69) is 15.5 Å². The average Bonchev–Trinajstić information content (AvgIpc) is 2.68. The molecule has 0 aliphatic carbocycles. The predicted octanol–water partition coefficient (Wildman–Crippen LogP) is 1.80. The molecule has 1 aromatic rings. The van der Waals surface area contributed by atoms with Crippen molar-refractivity contribution in [3.05, 3.63) is 42.0 Å². The van der Waals surface area contributed by atoms with Gasteiger partial charge in [0.25, 0.3) is 0 Å². The molecule has 3 aliphatic rings. The Balaban J connectivity index is 1.41. The van der Waals surface area contributed by atoms with Crippen LogP contribution in [0.1, 0.15) is 31.2 Å². The lowest BCUT2D eigenvalue weighted by atomic mass is 9.72. The summed E-state index contributed by atoms with van der Waals surface area (Å²) in [6.45, 7) is 2.50. The van der Waals surface area contributed by atoms with E-state index in [-0.39, 0.29) is 17.9 Å². The van der Waals surface area contributed by atoms with Gasteiger partial charge in [-0.2, -0.15) is 0 Å². The quantitative estimate of drug-likeness (QED) is 0.812. The van der Waals surface area contributed by atoms with Crippen molar-refractivity contribution in [2.45, 2.75) is 37.8 Å². The molecule has 0 spiro atoms. The molecule has 3 aliphatic heterocycles. The Labute approximate surface area is 154 Å². The fourth-order valence-corrected chi connectivity index (χ4v) is 4.90. The highest BCUT2D eigenvalue weighted by Crippen LogP contribution is 2.39. The van der Waals surface area contributed by atoms with E-state index in [9.17, 15) is 9.59 Å². The molecular formula is C21H27N3O2. The van der Waals surface area contributed by atoms with Crippen LogP contribution < -0.4 is 10.6 Å². The third kappa shape index (κ3) is 3.54. The molecule has 2 amide bonds. The molecule has 2 bridgehead atoms. The summed E-state index contributed by atoms with van der Waals surface area (Å²) in [4.78, 5) is 27.0. The number of hydrogen-bond donors (Lipinski definition) is 2. The van der Waals surface area contributed by atoms with Crippen LogP contribution in [0.4, 0.5) is 0 Å². The maximum atomic E-state index is 12.6. The summed E-state index contributed by atoms with van der Waals surface area (Å²) in [5.41, 5.74) is 1.01. The largest absolute Gasteiger partial charge is 0.350 e. The van der Waals surface area contributed by atoms with Crippen LogP contribution in [0.15, 0.2) is 36.4 Å². The Kier molecular flexibility index (Phi) is 5.07. The average molecular weight is 353 g/mol. The minimum atomic E-state index is -0.0965. The van der Waals surface area contributed by atoms with Crippen molar-refractivity contribution in [2.24, 2.45) is 11.8 Å². The van der Waals surface area contributed by atoms with Gasteiger partial charge >= 0.3 is 0 Å². The van der Waals surface area contributed by atoms with Gasteiger partial charge in [-0.25, -0.2) is 0 Å². The van der Waals surface area contributed by atoms with E-state index in [0.717, 1.165) is 31.5 Å². The van der Waals surface area contributed by atoms with Crippen molar-refractivity contribution in [2.75, 3.05) is 19.6 Å². The number of piperidine rings is 3. The van der Waals surface area contributed by atoms with E-state index in [1.54, 1.807) is 6.08 Å². The second-order valence-corrected chi connectivity index (χ2v) is 7.73. The molecule has 0 unspecified atom stereocenters. The van der Waals surface area contributed by atoms with E-state index < -0.39 is 0 Å². The normalized spacial score (nSPS) is 30.9. The summed E-state index contributed by atoms with van der Waals surface area (Å²) in [5.74, 6) is 1.19. The zero-order valence-electron chi connectivity index (χ0n) is 15.1. The van der Waals surface area contributed by atoms with Crippen molar-refractivity contribution in [3.63, 3.8) is 0 Å². The molecule has 3 heterocycles. The Hall–Kier alpha value is -2.14. The summed E-state index contributed by atoms with van der Waals surface area (Å²) in [7, 11) is 0. The number of amides is 2. The van der Waals surface area contributed by atoms with E-state index in [1.165, 1.54) is 6.42 Å². The van der Waals surface area contributed by atoms with Gasteiger partial charge < -0.3 is 15.5 Å². The SMILES string of the molecule is O=C(C=Cc1ccccc1)NC[C@H]1[C@@H]2CNC[C@@H](C2)[C@@H]2CCCC(=O)N21. The number of rotatable bonds is 4. The molecule has 26 heavy (non-hydrogen) atoms. The summed E-state index contributed by atoms with van der Waals surface area (Å²) >= 11 is 0. The molecule has 3 fully saturated rings. The first kappa shape index (κ1) is 17.3. The second kappa shape index (κ2) is 7.62. The van der Waals surface area contributed by atoms with Crippen LogP contribution >= 0.6 is 0 Å². The van der Waals surface area contributed by atoms with Gasteiger partial charge in [0.15, 0.2) is 0 Å². The van der Waals surface area contributed by atoms with Gasteiger partial charge in [0.05, 0.1) is 6.04 Å². The maximum absolute atomic E-state index is 12.6. The third-order valence-corrected chi connectivity index (χ3v) is 6.11. The number of hydrogen-bond acceptors (Lipinski definition) is 3. The lowest BCUT2D eigenvalue weighted by Gasteiger charge is -2.54. The molecule has 3 saturated heterocycles. The van der Waals surface area contributed by atoms with Crippen LogP contribution in [-0.2, 0) is 9.59 Å². The van der Waals surface area contributed by atoms with Gasteiger partial charge in [-0.05, 0) is 49.3 Å². The number of nitrogens with zero attached hydrogens (tertiary/aromatic N) is 1. The zero-order chi connectivity index (χ0) is 17.9. The molecule has 138 valence electrons. The van der Waals surface area contributed by atoms with Crippen molar-refractivity contribution in [1.29, 1.82) is 0 Å². The van der Waals surface area contributed by atoms with Crippen molar-refractivity contribution < 1.29 is 9.59 Å². The van der Waals surface area contributed by atoms with Gasteiger partial charge in [0.1, 0.15) is 0 Å². The summed E-state index contributed by atoms with van der Waals surface area (Å²) < 4.78 is 0. The molecule has 2 N–H and O–H groups in total. The molecule has 0 radical (unpaired) electrons. The first-order valence-electron chi connectivity index (χ1n) is 9.75. The van der Waals surface area contributed by atoms with Crippen LogP contribution in [0, 0.1) is 11.8 Å². The number of carbonyl (C=O) groups excluding carboxylic acids is 2. The molecule has 0 aromatic heterocycles. The minimum absolute atomic E-state index is 0.0965. The Morgan fingerprint density at radius 3 is 2.88 bits per heavy atom. The minimum Gasteiger partial charge on any atom is -0.350 e. The highest BCUT2D eigenvalue weighted by Gasteiger charge is 2.47. The number of fused-ring (bicyclic) bond motifs is 4. The van der Waals surface area contributed by atoms with E-state index in [1.807, 2.05) is 36.4 Å². The van der Waals surface area contributed by atoms with Gasteiger partial charge in [-0.3, -0.25) is 9.59 Å². The molecule has 4 rings (SSSR count). The smallest absolute Gasteiger partial charge is 0.244 e. The summed E-state index contributed by atoms with van der Waals surface area (Å²) in [5, 5.41) is 6.57. The van der Waals surface area contributed by atoms with Crippen LogP contribution in [-0.4, -0.2) is 48.4 Å². The molecule has 5 nitrogen and oxygen atoms in total. The fourth-order valence-electron chi connectivity index (χ4n) is 4.90. The standard InChI is InChI=1S/C21H27N3O2/c25-20(10-9-15-5-2-1-3-6-15)23-14-19-17-11-16(12-22-13-17)18-7-4-8-21(26)24(18)19/h1-3,5-6,9-10,16-19,22H,4,7-8,11-14H2,(H,23,25)/t16-,17+,18+,19+/m1/s1. The molecule has 4 atom stereocenters. The van der Waals surface area contributed by atoms with Gasteiger partial charge in [0.2, 0.25) is 11.8 Å². The fraction of sp³-hybridized carbons (Fsp3) is 0.524. The Morgan fingerprint density at radius 2 is 2.04 bits per heavy atom. The third-order valence-electron chi connectivity index (χ3n) is 6.11. The van der Waals surface area contributed by atoms with Crippen molar-refractivity contribution in [1.82, 2.24) is 15.5 Å². The Bertz CT molecular complexity index is 688. The lowest BCUT2D eigenvalue weighted by Crippen LogP contribution is -2.66. The topological polar surface area (TPSA) is 61.4 Å². The number of carbonyl (C=O) groups is 2. The van der Waals surface area contributed by atoms with Crippen LogP contribution in [0.2, 0.25) is 0 Å². The van der Waals surface area contributed by atoms with Crippen LogP contribution in [0.3, 0.4) is 0 Å². The first-order chi connectivity index (χ1) is 12.7. The number of nitrogens with one attached hydrogen (secondary N) is 2. The predicted molar refractivity (Wildman–Crippen MR) is 101 cm³/mol. The van der Waals surface area contributed by atoms with E-state index in [0.29, 0.717) is 30.8 Å². The van der Waals surface area contributed by atoms with Gasteiger partial charge in [0, 0.05) is 31.6 Å². The highest BCUT2D eigenvalue weighted by molar-refractivity contribution is 5.91. The van der Waals surface area contributed by atoms with Gasteiger partial charge in [-0.1, -0.05) is 30.3 Å². The molecular weight excluding hydrogens is 326 g/mol.